The number of halogens is 2. The first-order valence-corrected chi connectivity index (χ1v) is 12.9. The van der Waals surface area contributed by atoms with Crippen molar-refractivity contribution in [3.8, 4) is 22.6 Å². The summed E-state index contributed by atoms with van der Waals surface area (Å²) in [4.78, 5) is 17.2. The molecule has 9 nitrogen and oxygen atoms in total. The van der Waals surface area contributed by atoms with E-state index >= 15 is 0 Å². The Labute approximate surface area is 201 Å². The number of hydrogen-bond donors (Lipinski definition) is 3. The molecule has 1 saturated carbocycles. The Balaban J connectivity index is 0.000000527. The fraction of sp³-hybridized carbons (Fsp3) is 0.348. The standard InChI is InChI=1S/C22H22F2N6.CH4O3S/c1-11(2)10-30-21-17(27-22(30)25)8-7-16(26-21)19-18(28-20(29-19)12-3-4-12)14-6-5-13(23)9-15(14)24;1-5(2,3)4/h5-9,11-12H,3-4,10H2,1-2H3,(H2,25,27)(H,28,29);1H3,(H,2,3,4). The van der Waals surface area contributed by atoms with Crippen molar-refractivity contribution >= 4 is 27.2 Å². The third-order valence-corrected chi connectivity index (χ3v) is 5.30. The van der Waals surface area contributed by atoms with E-state index in [-0.39, 0.29) is 5.56 Å². The topological polar surface area (TPSA) is 140 Å². The Morgan fingerprint density at radius 3 is 2.46 bits per heavy atom. The second-order valence-corrected chi connectivity index (χ2v) is 10.5. The average Bonchev–Trinajstić information content (AvgIpc) is 3.43. The van der Waals surface area contributed by atoms with Crippen LogP contribution in [0.5, 0.6) is 0 Å². The summed E-state index contributed by atoms with van der Waals surface area (Å²) >= 11 is 0. The number of imidazole rings is 2. The van der Waals surface area contributed by atoms with Crippen LogP contribution in [0.3, 0.4) is 0 Å². The van der Waals surface area contributed by atoms with Crippen molar-refractivity contribution in [3.05, 3.63) is 47.8 Å². The van der Waals surface area contributed by atoms with Crippen LogP contribution in [0.4, 0.5) is 14.7 Å². The van der Waals surface area contributed by atoms with Crippen LogP contribution in [0, 0.1) is 17.6 Å². The van der Waals surface area contributed by atoms with Crippen molar-refractivity contribution in [2.45, 2.75) is 39.2 Å². The fourth-order valence-electron chi connectivity index (χ4n) is 3.71. The molecule has 35 heavy (non-hydrogen) atoms. The molecule has 1 aromatic carbocycles. The maximum atomic E-state index is 14.6. The van der Waals surface area contributed by atoms with Gasteiger partial charge in [0.2, 0.25) is 5.95 Å². The minimum Gasteiger partial charge on any atom is -0.369 e. The van der Waals surface area contributed by atoms with Gasteiger partial charge in [0.15, 0.2) is 5.65 Å². The number of hydrogen-bond acceptors (Lipinski definition) is 6. The Bertz CT molecular complexity index is 1480. The van der Waals surface area contributed by atoms with E-state index < -0.39 is 21.8 Å². The molecule has 0 unspecified atom stereocenters. The molecule has 1 aliphatic carbocycles. The van der Waals surface area contributed by atoms with Crippen LogP contribution < -0.4 is 5.73 Å². The zero-order valence-electron chi connectivity index (χ0n) is 19.5. The number of pyridine rings is 1. The molecule has 0 aliphatic heterocycles. The van der Waals surface area contributed by atoms with Crippen molar-refractivity contribution in [2.75, 3.05) is 12.0 Å². The third kappa shape index (κ3) is 5.82. The normalized spacial score (nSPS) is 13.8. The van der Waals surface area contributed by atoms with Gasteiger partial charge in [0, 0.05) is 24.1 Å². The summed E-state index contributed by atoms with van der Waals surface area (Å²) in [7, 11) is -3.67. The number of nitrogens with two attached hydrogens (primary N) is 1. The van der Waals surface area contributed by atoms with Crippen molar-refractivity contribution < 1.29 is 21.8 Å². The number of nitrogens with zero attached hydrogens (tertiary/aromatic N) is 4. The first kappa shape index (κ1) is 24.7. The molecule has 4 aromatic rings. The largest absolute Gasteiger partial charge is 0.369 e. The minimum atomic E-state index is -3.67. The molecule has 0 amide bonds. The highest BCUT2D eigenvalue weighted by atomic mass is 32.2. The van der Waals surface area contributed by atoms with E-state index in [4.69, 9.17) is 15.3 Å². The molecule has 3 aromatic heterocycles. The number of fused-ring (bicyclic) bond motifs is 1. The second kappa shape index (κ2) is 9.34. The molecule has 0 atom stereocenters. The van der Waals surface area contributed by atoms with Gasteiger partial charge >= 0.3 is 0 Å². The van der Waals surface area contributed by atoms with Crippen LogP contribution >= 0.6 is 0 Å². The predicted molar refractivity (Wildman–Crippen MR) is 129 cm³/mol. The van der Waals surface area contributed by atoms with E-state index in [1.807, 2.05) is 16.7 Å². The summed E-state index contributed by atoms with van der Waals surface area (Å²) < 4.78 is 55.8. The zero-order valence-corrected chi connectivity index (χ0v) is 20.3. The molecule has 0 saturated heterocycles. The monoisotopic (exact) mass is 504 g/mol. The molecule has 0 radical (unpaired) electrons. The number of aromatic amines is 1. The van der Waals surface area contributed by atoms with Crippen molar-refractivity contribution in [1.82, 2.24) is 24.5 Å². The van der Waals surface area contributed by atoms with Crippen LogP contribution in [-0.2, 0) is 16.7 Å². The quantitative estimate of drug-likeness (QED) is 0.343. The van der Waals surface area contributed by atoms with Gasteiger partial charge in [-0.1, -0.05) is 13.8 Å². The predicted octanol–water partition coefficient (Wildman–Crippen LogP) is 4.39. The summed E-state index contributed by atoms with van der Waals surface area (Å²) in [6.07, 6.45) is 2.80. The zero-order chi connectivity index (χ0) is 25.5. The second-order valence-electron chi connectivity index (χ2n) is 8.99. The van der Waals surface area contributed by atoms with Gasteiger partial charge in [0.25, 0.3) is 10.1 Å². The van der Waals surface area contributed by atoms with E-state index in [0.29, 0.717) is 58.8 Å². The van der Waals surface area contributed by atoms with E-state index in [2.05, 4.69) is 28.8 Å². The van der Waals surface area contributed by atoms with Gasteiger partial charge < -0.3 is 10.7 Å². The molecule has 0 spiro atoms. The molecule has 1 fully saturated rings. The van der Waals surface area contributed by atoms with Gasteiger partial charge in [0.1, 0.15) is 28.7 Å². The summed E-state index contributed by atoms with van der Waals surface area (Å²) in [6.45, 7) is 4.89. The smallest absolute Gasteiger partial charge is 0.261 e. The number of aromatic nitrogens is 5. The lowest BCUT2D eigenvalue weighted by Crippen LogP contribution is -2.08. The van der Waals surface area contributed by atoms with Crippen LogP contribution in [0.25, 0.3) is 33.8 Å². The van der Waals surface area contributed by atoms with Gasteiger partial charge in [-0.15, -0.1) is 0 Å². The maximum Gasteiger partial charge on any atom is 0.261 e. The molecule has 186 valence electrons. The molecule has 1 aliphatic rings. The number of nitrogens with one attached hydrogen (secondary N) is 1. The van der Waals surface area contributed by atoms with E-state index in [1.165, 1.54) is 12.1 Å². The maximum absolute atomic E-state index is 14.6. The van der Waals surface area contributed by atoms with Crippen LogP contribution in [0.1, 0.15) is 38.4 Å². The summed E-state index contributed by atoms with van der Waals surface area (Å²) in [5, 5.41) is 0. The lowest BCUT2D eigenvalue weighted by Gasteiger charge is -2.09. The molecule has 0 bridgehead atoms. The van der Waals surface area contributed by atoms with E-state index in [0.717, 1.165) is 24.7 Å². The van der Waals surface area contributed by atoms with Crippen LogP contribution in [-0.4, -0.2) is 43.7 Å². The molecule has 3 heterocycles. The molecule has 12 heteroatoms. The first-order valence-electron chi connectivity index (χ1n) is 11.0. The molecule has 5 rings (SSSR count). The summed E-state index contributed by atoms with van der Waals surface area (Å²) in [5.41, 5.74) is 9.38. The average molecular weight is 505 g/mol. The molecule has 4 N–H and O–H groups in total. The van der Waals surface area contributed by atoms with Gasteiger partial charge in [-0.25, -0.2) is 23.7 Å². The Kier molecular flexibility index (Phi) is 6.60. The van der Waals surface area contributed by atoms with Crippen LogP contribution in [0.2, 0.25) is 0 Å². The van der Waals surface area contributed by atoms with Gasteiger partial charge in [0.05, 0.1) is 17.6 Å². The minimum absolute atomic E-state index is 0.242. The molecular formula is C23H26F2N6O3S. The van der Waals surface area contributed by atoms with Gasteiger partial charge in [-0.3, -0.25) is 9.12 Å². The van der Waals surface area contributed by atoms with Crippen LogP contribution in [0.15, 0.2) is 30.3 Å². The SMILES string of the molecule is CC(C)Cn1c(N)nc2ccc(-c3[nH]c(C4CC4)nc3-c3ccc(F)cc3F)nc21.CS(=O)(=O)O. The van der Waals surface area contributed by atoms with Crippen molar-refractivity contribution in [3.63, 3.8) is 0 Å². The summed E-state index contributed by atoms with van der Waals surface area (Å²) in [5.74, 6) is 0.653. The number of H-pyrrole nitrogens is 1. The Hall–Kier alpha value is -3.38. The first-order chi connectivity index (χ1) is 16.4. The number of nitrogen functional groups attached to an aromatic ring is 1. The lowest BCUT2D eigenvalue weighted by atomic mass is 10.1. The van der Waals surface area contributed by atoms with Crippen molar-refractivity contribution in [2.24, 2.45) is 5.92 Å². The number of benzene rings is 1. The van der Waals surface area contributed by atoms with E-state index in [1.54, 1.807) is 0 Å². The van der Waals surface area contributed by atoms with E-state index in [9.17, 15) is 17.2 Å². The number of rotatable bonds is 5. The highest BCUT2D eigenvalue weighted by Gasteiger charge is 2.29. The third-order valence-electron chi connectivity index (χ3n) is 5.30. The molecular weight excluding hydrogens is 478 g/mol. The Morgan fingerprint density at radius 1 is 1.17 bits per heavy atom. The van der Waals surface area contributed by atoms with Crippen molar-refractivity contribution in [1.29, 1.82) is 0 Å². The van der Waals surface area contributed by atoms with Gasteiger partial charge in [-0.05, 0) is 43.0 Å². The highest BCUT2D eigenvalue weighted by molar-refractivity contribution is 7.85. The lowest BCUT2D eigenvalue weighted by molar-refractivity contribution is 0.490. The Morgan fingerprint density at radius 2 is 1.86 bits per heavy atom. The van der Waals surface area contributed by atoms with Gasteiger partial charge in [-0.2, -0.15) is 8.42 Å². The number of anilines is 1. The highest BCUT2D eigenvalue weighted by Crippen LogP contribution is 2.42. The summed E-state index contributed by atoms with van der Waals surface area (Å²) in [6, 6.07) is 7.21. The fourth-order valence-corrected chi connectivity index (χ4v) is 3.71.